The third kappa shape index (κ3) is 7.96. The van der Waals surface area contributed by atoms with Crippen LogP contribution in [-0.4, -0.2) is 25.3 Å². The Labute approximate surface area is 461 Å². The minimum absolute atomic E-state index is 0.0129. The molecule has 0 fully saturated rings. The number of hydrogen-bond acceptors (Lipinski definition) is 0. The van der Waals surface area contributed by atoms with Crippen LogP contribution >= 0.6 is 0 Å². The van der Waals surface area contributed by atoms with E-state index in [1.807, 2.05) is 0 Å². The summed E-state index contributed by atoms with van der Waals surface area (Å²) in [5, 5.41) is 15.8. The lowest BCUT2D eigenvalue weighted by Crippen LogP contribution is -2.78. The van der Waals surface area contributed by atoms with E-state index in [0.29, 0.717) is 0 Å². The van der Waals surface area contributed by atoms with Crippen LogP contribution in [-0.2, 0) is 10.8 Å². The van der Waals surface area contributed by atoms with Crippen LogP contribution in [0.2, 0.25) is 0 Å². The minimum atomic E-state index is -3.12. The molecule has 78 heavy (non-hydrogen) atoms. The lowest BCUT2D eigenvalue weighted by molar-refractivity contribution is 0.590. The zero-order valence-corrected chi connectivity index (χ0v) is 47.5. The van der Waals surface area contributed by atoms with Gasteiger partial charge in [-0.1, -0.05) is 260 Å². The lowest BCUT2D eigenvalue weighted by Gasteiger charge is -2.38. The summed E-state index contributed by atoms with van der Waals surface area (Å²) >= 11 is 0. The first-order chi connectivity index (χ1) is 38.0. The number of fused-ring (bicyclic) bond motifs is 6. The van der Waals surface area contributed by atoms with Crippen LogP contribution in [0.15, 0.2) is 279 Å². The van der Waals surface area contributed by atoms with Crippen molar-refractivity contribution in [3.8, 4) is 11.4 Å². The first-order valence-electron chi connectivity index (χ1n) is 27.6. The number of aromatic nitrogens is 2. The van der Waals surface area contributed by atoms with Gasteiger partial charge in [0.1, 0.15) is 0 Å². The first kappa shape index (κ1) is 49.1. The Morgan fingerprint density at radius 1 is 0.231 bits per heavy atom. The van der Waals surface area contributed by atoms with Gasteiger partial charge >= 0.3 is 0 Å². The van der Waals surface area contributed by atoms with E-state index in [2.05, 4.69) is 330 Å². The van der Waals surface area contributed by atoms with E-state index in [4.69, 9.17) is 0 Å². The standard InChI is InChI=1S/C74H64N2Si2/c1-73(2,3)53-41-44-70-66(47-53)67-48-54(74(4,5)6)42-45-71(67)75(70)55-43-46-72-68(51-55)65-39-25-26-40-69(65)76(72)56-49-63(77(57-27-13-7-14-28-57,58-29-15-8-16-30-58)59-31-17-9-18-32-59)52-64(50-56)78(60-33-19-10-20-34-60,61-35-21-11-22-36-61)62-37-23-12-24-38-62/h7-52H,1-6H3. The predicted molar refractivity (Wildman–Crippen MR) is 340 cm³/mol. The Bertz CT molecular complexity index is 3890. The van der Waals surface area contributed by atoms with Gasteiger partial charge < -0.3 is 9.13 Å². The number of nitrogens with zero attached hydrogens (tertiary/aromatic N) is 2. The van der Waals surface area contributed by atoms with E-state index < -0.39 is 16.1 Å². The highest BCUT2D eigenvalue weighted by Crippen LogP contribution is 2.40. The van der Waals surface area contributed by atoms with Crippen molar-refractivity contribution < 1.29 is 0 Å². The highest BCUT2D eigenvalue weighted by molar-refractivity contribution is 7.22. The molecule has 0 unspecified atom stereocenters. The van der Waals surface area contributed by atoms with Gasteiger partial charge in [0.25, 0.3) is 0 Å². The fourth-order valence-electron chi connectivity index (χ4n) is 12.9. The third-order valence-electron chi connectivity index (χ3n) is 16.7. The first-order valence-corrected chi connectivity index (χ1v) is 31.6. The predicted octanol–water partition coefficient (Wildman–Crippen LogP) is 13.2. The summed E-state index contributed by atoms with van der Waals surface area (Å²) in [6.45, 7) is 13.9. The number of para-hydroxylation sites is 1. The average Bonchev–Trinajstić information content (AvgIpc) is 4.13. The second-order valence-corrected chi connectivity index (χ2v) is 30.9. The fourth-order valence-corrected chi connectivity index (χ4v) is 22.7. The van der Waals surface area contributed by atoms with Crippen molar-refractivity contribution in [2.45, 2.75) is 52.4 Å². The Morgan fingerprint density at radius 3 is 0.885 bits per heavy atom. The summed E-state index contributed by atoms with van der Waals surface area (Å²) < 4.78 is 5.09. The molecule has 2 nitrogen and oxygen atoms in total. The van der Waals surface area contributed by atoms with Gasteiger partial charge in [0.2, 0.25) is 0 Å². The van der Waals surface area contributed by atoms with E-state index in [0.717, 1.165) is 11.4 Å². The molecule has 0 aliphatic carbocycles. The van der Waals surface area contributed by atoms with Crippen LogP contribution in [0.4, 0.5) is 0 Å². The molecule has 4 heteroatoms. The van der Waals surface area contributed by atoms with Crippen molar-refractivity contribution in [3.05, 3.63) is 290 Å². The second-order valence-electron chi connectivity index (χ2n) is 23.3. The third-order valence-corrected chi connectivity index (χ3v) is 26.2. The summed E-state index contributed by atoms with van der Waals surface area (Å²) in [6.07, 6.45) is 0. The summed E-state index contributed by atoms with van der Waals surface area (Å²) in [5.41, 5.74) is 9.81. The SMILES string of the molecule is CC(C)(C)c1ccc2c(c1)c1cc(C(C)(C)C)ccc1n2-c1ccc2c(c1)c1ccccc1n2-c1cc([Si](c2ccccc2)(c2ccccc2)c2ccccc2)cc([Si](c2ccccc2)(c2ccccc2)c2ccccc2)c1. The molecule has 0 bridgehead atoms. The molecular weight excluding hydrogens is 973 g/mol. The molecular formula is C74H64N2Si2. The van der Waals surface area contributed by atoms with E-state index in [-0.39, 0.29) is 10.8 Å². The van der Waals surface area contributed by atoms with E-state index in [1.165, 1.54) is 96.2 Å². The van der Waals surface area contributed by atoms with Crippen LogP contribution in [0.1, 0.15) is 52.7 Å². The van der Waals surface area contributed by atoms with Crippen LogP contribution < -0.4 is 41.5 Å². The normalized spacial score (nSPS) is 12.5. The van der Waals surface area contributed by atoms with Crippen LogP contribution in [0.3, 0.4) is 0 Å². The second kappa shape index (κ2) is 19.2. The Kier molecular flexibility index (Phi) is 12.1. The van der Waals surface area contributed by atoms with Gasteiger partial charge in [-0.15, -0.1) is 0 Å². The summed E-state index contributed by atoms with van der Waals surface area (Å²) in [5.74, 6) is 0. The molecule has 0 aliphatic rings. The molecule has 11 aromatic carbocycles. The Morgan fingerprint density at radius 2 is 0.526 bits per heavy atom. The van der Waals surface area contributed by atoms with Gasteiger partial charge in [0.15, 0.2) is 16.1 Å². The number of hydrogen-bond donors (Lipinski definition) is 0. The maximum atomic E-state index is 2.66. The molecule has 378 valence electrons. The topological polar surface area (TPSA) is 9.86 Å². The molecule has 0 saturated carbocycles. The lowest BCUT2D eigenvalue weighted by atomic mass is 9.85. The largest absolute Gasteiger partial charge is 0.309 e. The zero-order chi connectivity index (χ0) is 53.2. The van der Waals surface area contributed by atoms with Crippen molar-refractivity contribution in [1.82, 2.24) is 9.13 Å². The molecule has 13 aromatic rings. The Hall–Kier alpha value is -8.55. The van der Waals surface area contributed by atoms with Gasteiger partial charge in [0, 0.05) is 32.9 Å². The number of benzene rings is 11. The highest BCUT2D eigenvalue weighted by atomic mass is 28.3. The highest BCUT2D eigenvalue weighted by Gasteiger charge is 2.46. The average molecular weight is 1040 g/mol. The van der Waals surface area contributed by atoms with Crippen molar-refractivity contribution >= 4 is 101 Å². The van der Waals surface area contributed by atoms with Gasteiger partial charge in [-0.3, -0.25) is 0 Å². The van der Waals surface area contributed by atoms with Gasteiger partial charge in [-0.25, -0.2) is 0 Å². The van der Waals surface area contributed by atoms with Gasteiger partial charge in [-0.2, -0.15) is 0 Å². The zero-order valence-electron chi connectivity index (χ0n) is 45.5. The summed E-state index contributed by atoms with van der Waals surface area (Å²) in [7, 11) is -6.23. The van der Waals surface area contributed by atoms with Crippen LogP contribution in [0.5, 0.6) is 0 Å². The van der Waals surface area contributed by atoms with Gasteiger partial charge in [0.05, 0.1) is 22.1 Å². The smallest absolute Gasteiger partial charge is 0.179 e. The maximum Gasteiger partial charge on any atom is 0.179 e. The molecule has 2 heterocycles. The van der Waals surface area contributed by atoms with Crippen molar-refractivity contribution in [2.24, 2.45) is 0 Å². The van der Waals surface area contributed by atoms with Crippen LogP contribution in [0, 0.1) is 0 Å². The van der Waals surface area contributed by atoms with Crippen LogP contribution in [0.25, 0.3) is 55.0 Å². The quantitative estimate of drug-likeness (QED) is 0.0954. The minimum Gasteiger partial charge on any atom is -0.309 e. The molecule has 13 rings (SSSR count). The molecule has 0 N–H and O–H groups in total. The van der Waals surface area contributed by atoms with Gasteiger partial charge in [-0.05, 0) is 124 Å². The molecule has 0 radical (unpaired) electrons. The van der Waals surface area contributed by atoms with E-state index >= 15 is 0 Å². The summed E-state index contributed by atoms with van der Waals surface area (Å²) in [6, 6.07) is 107. The fraction of sp³-hybridized carbons (Fsp3) is 0.108. The summed E-state index contributed by atoms with van der Waals surface area (Å²) in [4.78, 5) is 0. The molecule has 0 atom stereocenters. The molecule has 0 saturated heterocycles. The van der Waals surface area contributed by atoms with Crippen molar-refractivity contribution in [2.75, 3.05) is 0 Å². The Balaban J connectivity index is 1.16. The van der Waals surface area contributed by atoms with Crippen molar-refractivity contribution in [1.29, 1.82) is 0 Å². The van der Waals surface area contributed by atoms with E-state index in [9.17, 15) is 0 Å². The molecule has 0 spiro atoms. The molecule has 0 aliphatic heterocycles. The maximum absolute atomic E-state index is 3.12. The molecule has 0 amide bonds. The van der Waals surface area contributed by atoms with Crippen molar-refractivity contribution in [3.63, 3.8) is 0 Å². The number of rotatable bonds is 10. The van der Waals surface area contributed by atoms with E-state index in [1.54, 1.807) is 0 Å². The molecule has 2 aromatic heterocycles. The monoisotopic (exact) mass is 1040 g/mol.